The van der Waals surface area contributed by atoms with Crippen LogP contribution in [-0.4, -0.2) is 33.7 Å². The Morgan fingerprint density at radius 3 is 2.50 bits per heavy atom. The highest BCUT2D eigenvalue weighted by atomic mass is 16.7. The Balaban J connectivity index is 2.31. The zero-order valence-corrected chi connectivity index (χ0v) is 14.0. The number of carbonyl (C=O) groups is 1. The van der Waals surface area contributed by atoms with Gasteiger partial charge in [0.25, 0.3) is 5.69 Å². The van der Waals surface area contributed by atoms with Gasteiger partial charge in [0.2, 0.25) is 5.75 Å². The lowest BCUT2D eigenvalue weighted by atomic mass is 9.95. The number of rotatable bonds is 7. The van der Waals surface area contributed by atoms with Gasteiger partial charge in [0.1, 0.15) is 6.61 Å². The number of non-ortho nitro benzene ring substituents is 1. The second kappa shape index (κ2) is 8.79. The van der Waals surface area contributed by atoms with Crippen molar-refractivity contribution >= 4 is 17.5 Å². The summed E-state index contributed by atoms with van der Waals surface area (Å²) in [6.07, 6.45) is 4.76. The summed E-state index contributed by atoms with van der Waals surface area (Å²) in [6, 6.07) is 2.68. The standard InChI is InChI=1S/C16H19N3O7/c1-2-10-25-16(20)17(12-6-4-3-5-7-12)26-15-9-8-13(18(21)22)11-14(15)19(23)24/h2,8-9,11-12H,1,3-7,10H2. The molecule has 1 aliphatic carbocycles. The van der Waals surface area contributed by atoms with Gasteiger partial charge in [-0.1, -0.05) is 31.9 Å². The van der Waals surface area contributed by atoms with Crippen LogP contribution in [0.3, 0.4) is 0 Å². The van der Waals surface area contributed by atoms with E-state index in [2.05, 4.69) is 6.58 Å². The summed E-state index contributed by atoms with van der Waals surface area (Å²) < 4.78 is 5.01. The number of nitro benzene ring substituents is 2. The molecule has 1 aromatic rings. The molecule has 10 nitrogen and oxygen atoms in total. The lowest BCUT2D eigenvalue weighted by Crippen LogP contribution is -2.44. The van der Waals surface area contributed by atoms with Crippen molar-refractivity contribution in [3.05, 3.63) is 51.1 Å². The molecule has 1 fully saturated rings. The number of ether oxygens (including phenoxy) is 1. The molecular weight excluding hydrogens is 346 g/mol. The van der Waals surface area contributed by atoms with E-state index in [0.29, 0.717) is 12.8 Å². The predicted molar refractivity (Wildman–Crippen MR) is 90.6 cm³/mol. The van der Waals surface area contributed by atoms with Crippen molar-refractivity contribution in [3.63, 3.8) is 0 Å². The molecule has 0 atom stereocenters. The van der Waals surface area contributed by atoms with Crippen molar-refractivity contribution in [1.82, 2.24) is 5.06 Å². The molecule has 10 heteroatoms. The van der Waals surface area contributed by atoms with Gasteiger partial charge in [0.15, 0.2) is 0 Å². The first-order chi connectivity index (χ1) is 12.4. The van der Waals surface area contributed by atoms with Gasteiger partial charge >= 0.3 is 11.8 Å². The smallest absolute Gasteiger partial charge is 0.443 e. The topological polar surface area (TPSA) is 125 Å². The van der Waals surface area contributed by atoms with E-state index in [1.165, 1.54) is 6.08 Å². The molecule has 2 rings (SSSR count). The van der Waals surface area contributed by atoms with Gasteiger partial charge in [-0.3, -0.25) is 20.2 Å². The molecular formula is C16H19N3O7. The van der Waals surface area contributed by atoms with Crippen LogP contribution < -0.4 is 4.84 Å². The minimum absolute atomic E-state index is 0.0340. The zero-order valence-electron chi connectivity index (χ0n) is 14.0. The average Bonchev–Trinajstić information content (AvgIpc) is 2.64. The molecule has 0 aromatic heterocycles. The van der Waals surface area contributed by atoms with Crippen LogP contribution in [0.5, 0.6) is 5.75 Å². The van der Waals surface area contributed by atoms with E-state index >= 15 is 0 Å². The fraction of sp³-hybridized carbons (Fsp3) is 0.438. The van der Waals surface area contributed by atoms with Crippen molar-refractivity contribution in [2.45, 2.75) is 38.1 Å². The molecule has 0 heterocycles. The molecule has 0 N–H and O–H groups in total. The molecule has 0 saturated heterocycles. The number of amides is 1. The number of nitrogens with zero attached hydrogens (tertiary/aromatic N) is 3. The number of hydrogen-bond donors (Lipinski definition) is 0. The summed E-state index contributed by atoms with van der Waals surface area (Å²) in [7, 11) is 0. The first-order valence-electron chi connectivity index (χ1n) is 8.11. The summed E-state index contributed by atoms with van der Waals surface area (Å²) in [6.45, 7) is 3.43. The van der Waals surface area contributed by atoms with E-state index in [1.807, 2.05) is 0 Å². The Hall–Kier alpha value is -3.17. The van der Waals surface area contributed by atoms with Gasteiger partial charge in [0, 0.05) is 6.07 Å². The second-order valence-corrected chi connectivity index (χ2v) is 5.74. The van der Waals surface area contributed by atoms with Gasteiger partial charge < -0.3 is 9.57 Å². The maximum atomic E-state index is 12.3. The second-order valence-electron chi connectivity index (χ2n) is 5.74. The van der Waals surface area contributed by atoms with Gasteiger partial charge in [-0.15, -0.1) is 5.06 Å². The van der Waals surface area contributed by atoms with Crippen LogP contribution in [0.25, 0.3) is 0 Å². The molecule has 0 bridgehead atoms. The van der Waals surface area contributed by atoms with E-state index < -0.39 is 27.3 Å². The van der Waals surface area contributed by atoms with E-state index in [0.717, 1.165) is 42.5 Å². The summed E-state index contributed by atoms with van der Waals surface area (Å²) in [4.78, 5) is 38.4. The van der Waals surface area contributed by atoms with Crippen LogP contribution >= 0.6 is 0 Å². The molecule has 1 amide bonds. The highest BCUT2D eigenvalue weighted by Gasteiger charge is 2.32. The Labute approximate surface area is 149 Å². The maximum Gasteiger partial charge on any atom is 0.443 e. The fourth-order valence-electron chi connectivity index (χ4n) is 2.72. The predicted octanol–water partition coefficient (Wildman–Crippen LogP) is 3.75. The summed E-state index contributed by atoms with van der Waals surface area (Å²) in [5.41, 5.74) is -1.04. The van der Waals surface area contributed by atoms with Gasteiger partial charge in [-0.25, -0.2) is 4.79 Å². The SMILES string of the molecule is C=CCOC(=O)N(Oc1ccc([N+](=O)[O-])cc1[N+](=O)[O-])C1CCCCC1. The average molecular weight is 365 g/mol. The number of nitro groups is 2. The number of hydroxylamine groups is 2. The summed E-state index contributed by atoms with van der Waals surface area (Å²) in [5, 5.41) is 23.1. The Bertz CT molecular complexity index is 701. The van der Waals surface area contributed by atoms with Crippen molar-refractivity contribution in [2.75, 3.05) is 6.61 Å². The lowest BCUT2D eigenvalue weighted by molar-refractivity contribution is -0.395. The molecule has 0 unspecified atom stereocenters. The Kier molecular flexibility index (Phi) is 6.48. The summed E-state index contributed by atoms with van der Waals surface area (Å²) in [5.74, 6) is -0.262. The minimum Gasteiger partial charge on any atom is -0.443 e. The Morgan fingerprint density at radius 1 is 1.23 bits per heavy atom. The van der Waals surface area contributed by atoms with E-state index in [4.69, 9.17) is 9.57 Å². The fourth-order valence-corrected chi connectivity index (χ4v) is 2.72. The van der Waals surface area contributed by atoms with Crippen molar-refractivity contribution in [2.24, 2.45) is 0 Å². The third-order valence-corrected chi connectivity index (χ3v) is 3.96. The van der Waals surface area contributed by atoms with E-state index in [1.54, 1.807) is 0 Å². The maximum absolute atomic E-state index is 12.3. The summed E-state index contributed by atoms with van der Waals surface area (Å²) >= 11 is 0. The van der Waals surface area contributed by atoms with Crippen LogP contribution in [0.15, 0.2) is 30.9 Å². The van der Waals surface area contributed by atoms with Crippen LogP contribution in [-0.2, 0) is 4.74 Å². The third-order valence-electron chi connectivity index (χ3n) is 3.96. The number of carbonyl (C=O) groups excluding carboxylic acids is 1. The highest BCUT2D eigenvalue weighted by molar-refractivity contribution is 5.67. The molecule has 0 radical (unpaired) electrons. The first kappa shape index (κ1) is 19.2. The molecule has 1 aromatic carbocycles. The van der Waals surface area contributed by atoms with Crippen LogP contribution in [0.4, 0.5) is 16.2 Å². The van der Waals surface area contributed by atoms with Gasteiger partial charge in [0.05, 0.1) is 22.0 Å². The molecule has 1 saturated carbocycles. The van der Waals surface area contributed by atoms with Gasteiger partial charge in [-0.05, 0) is 18.9 Å². The van der Waals surface area contributed by atoms with Crippen molar-refractivity contribution in [3.8, 4) is 5.75 Å². The van der Waals surface area contributed by atoms with Crippen molar-refractivity contribution < 1.29 is 24.2 Å². The first-order valence-corrected chi connectivity index (χ1v) is 8.11. The quantitative estimate of drug-likeness (QED) is 0.409. The van der Waals surface area contributed by atoms with Crippen LogP contribution in [0.2, 0.25) is 0 Å². The molecule has 26 heavy (non-hydrogen) atoms. The number of hydrogen-bond acceptors (Lipinski definition) is 7. The molecule has 0 aliphatic heterocycles. The van der Waals surface area contributed by atoms with E-state index in [-0.39, 0.29) is 18.4 Å². The van der Waals surface area contributed by atoms with Gasteiger partial charge in [-0.2, -0.15) is 0 Å². The molecule has 1 aliphatic rings. The largest absolute Gasteiger partial charge is 0.443 e. The monoisotopic (exact) mass is 365 g/mol. The lowest BCUT2D eigenvalue weighted by Gasteiger charge is -2.31. The minimum atomic E-state index is -0.795. The normalized spacial score (nSPS) is 14.3. The third kappa shape index (κ3) is 4.68. The molecule has 140 valence electrons. The highest BCUT2D eigenvalue weighted by Crippen LogP contribution is 2.33. The number of benzene rings is 1. The van der Waals surface area contributed by atoms with Crippen LogP contribution in [0.1, 0.15) is 32.1 Å². The molecule has 0 spiro atoms. The van der Waals surface area contributed by atoms with E-state index in [9.17, 15) is 25.0 Å². The van der Waals surface area contributed by atoms with Crippen LogP contribution in [0, 0.1) is 20.2 Å². The van der Waals surface area contributed by atoms with Crippen molar-refractivity contribution in [1.29, 1.82) is 0 Å². The zero-order chi connectivity index (χ0) is 19.1. The Morgan fingerprint density at radius 2 is 1.92 bits per heavy atom.